The molecule has 0 aliphatic heterocycles. The summed E-state index contributed by atoms with van der Waals surface area (Å²) >= 11 is 0. The molecule has 0 bridgehead atoms. The average molecular weight is 706 g/mol. The number of carboxylic acid groups (broad SMARTS) is 1. The van der Waals surface area contributed by atoms with Crippen molar-refractivity contribution in [2.75, 3.05) is 13.2 Å². The molecule has 0 heterocycles. The van der Waals surface area contributed by atoms with Gasteiger partial charge in [0, 0.05) is 11.1 Å². The fourth-order valence-electron chi connectivity index (χ4n) is 3.12. The van der Waals surface area contributed by atoms with E-state index in [0.717, 1.165) is 22.3 Å². The van der Waals surface area contributed by atoms with E-state index in [1.54, 1.807) is 71.3 Å². The Hall–Kier alpha value is -3.08. The summed E-state index contributed by atoms with van der Waals surface area (Å²) < 4.78 is 9.85. The number of aliphatic carboxylic acids is 1. The van der Waals surface area contributed by atoms with Gasteiger partial charge in [0.05, 0.1) is 19.2 Å². The van der Waals surface area contributed by atoms with E-state index in [2.05, 4.69) is 0 Å². The van der Waals surface area contributed by atoms with Crippen molar-refractivity contribution in [2.24, 2.45) is 0 Å². The van der Waals surface area contributed by atoms with E-state index < -0.39 is 5.97 Å². The molecule has 8 nitrogen and oxygen atoms in total. The van der Waals surface area contributed by atoms with Crippen molar-refractivity contribution in [1.29, 1.82) is 0 Å². The van der Waals surface area contributed by atoms with Gasteiger partial charge in [0.1, 0.15) is 0 Å². The molecule has 0 atom stereocenters. The van der Waals surface area contributed by atoms with Gasteiger partial charge in [-0.3, -0.25) is 0 Å². The van der Waals surface area contributed by atoms with E-state index in [4.69, 9.17) is 9.47 Å². The molecular formula is C40H51Na2O8-. The largest absolute Gasteiger partial charge is 1.00 e. The van der Waals surface area contributed by atoms with E-state index in [-0.39, 0.29) is 82.1 Å². The van der Waals surface area contributed by atoms with Crippen LogP contribution in [-0.4, -0.2) is 42.9 Å². The SMILES string of the molecule is CCOC(=O)/C(C)=C/C=C/C(C)=C/C=C/C=C(C)/C=C(\C)C(=O)OCC.C\C([C-]=O)=C/C=C/C(C)=C/C=C/C=C(C)/C=C(\C)C(=O)[O-].[Na+].[Na+].[OH-]. The maximum Gasteiger partial charge on any atom is 1.00 e. The molecule has 0 aliphatic rings. The molecule has 50 heavy (non-hydrogen) atoms. The molecule has 262 valence electrons. The van der Waals surface area contributed by atoms with Crippen LogP contribution >= 0.6 is 0 Å². The molecule has 0 saturated heterocycles. The summed E-state index contributed by atoms with van der Waals surface area (Å²) in [6.07, 6.45) is 31.0. The molecular weight excluding hydrogens is 654 g/mol. The number of hydrogen-bond donors (Lipinski definition) is 0. The third-order valence-electron chi connectivity index (χ3n) is 5.64. The Morgan fingerprint density at radius 2 is 0.900 bits per heavy atom. The molecule has 0 aromatic rings. The Kier molecular flexibility index (Phi) is 40.2. The minimum atomic E-state index is -1.16. The number of hydrogen-bond acceptors (Lipinski definition) is 8. The molecule has 0 unspecified atom stereocenters. The molecule has 0 aliphatic carbocycles. The molecule has 1 N–H and O–H groups in total. The Morgan fingerprint density at radius 3 is 1.28 bits per heavy atom. The van der Waals surface area contributed by atoms with Gasteiger partial charge < -0.3 is 29.6 Å². The van der Waals surface area contributed by atoms with E-state index in [9.17, 15) is 24.3 Å². The topological polar surface area (TPSA) is 140 Å². The predicted molar refractivity (Wildman–Crippen MR) is 193 cm³/mol. The number of carbonyl (C=O) groups excluding carboxylic acids is 4. The second-order valence-corrected chi connectivity index (χ2v) is 10.3. The first-order valence-corrected chi connectivity index (χ1v) is 15.2. The summed E-state index contributed by atoms with van der Waals surface area (Å²) in [5.74, 6) is -1.76. The van der Waals surface area contributed by atoms with Crippen LogP contribution < -0.4 is 64.2 Å². The van der Waals surface area contributed by atoms with Gasteiger partial charge in [0.15, 0.2) is 0 Å². The minimum Gasteiger partial charge on any atom is -0.870 e. The second-order valence-electron chi connectivity index (χ2n) is 10.3. The normalized spacial score (nSPS) is 13.7. The first-order chi connectivity index (χ1) is 22.2. The van der Waals surface area contributed by atoms with E-state index >= 15 is 0 Å². The number of carbonyl (C=O) groups is 3. The predicted octanol–water partition coefficient (Wildman–Crippen LogP) is 1.59. The van der Waals surface area contributed by atoms with Crippen molar-refractivity contribution in [3.8, 4) is 0 Å². The van der Waals surface area contributed by atoms with Crippen LogP contribution in [-0.2, 0) is 28.7 Å². The number of allylic oxidation sites excluding steroid dienone is 21. The van der Waals surface area contributed by atoms with Crippen molar-refractivity contribution < 1.29 is 98.3 Å². The van der Waals surface area contributed by atoms with Crippen LogP contribution in [0.15, 0.2) is 142 Å². The number of rotatable bonds is 16. The van der Waals surface area contributed by atoms with Crippen molar-refractivity contribution in [3.63, 3.8) is 0 Å². The molecule has 0 radical (unpaired) electrons. The summed E-state index contributed by atoms with van der Waals surface area (Å²) in [5.41, 5.74) is 5.73. The molecule has 0 fully saturated rings. The quantitative estimate of drug-likeness (QED) is 0.0776. The summed E-state index contributed by atoms with van der Waals surface area (Å²) in [7, 11) is 0. The van der Waals surface area contributed by atoms with Gasteiger partial charge in [0.25, 0.3) is 0 Å². The van der Waals surface area contributed by atoms with Crippen LogP contribution in [0.2, 0.25) is 0 Å². The van der Waals surface area contributed by atoms with Crippen LogP contribution in [0.1, 0.15) is 69.2 Å². The molecule has 0 spiro atoms. The van der Waals surface area contributed by atoms with Gasteiger partial charge in [-0.25, -0.2) is 15.7 Å². The number of esters is 2. The third kappa shape index (κ3) is 33.4. The molecule has 0 rings (SSSR count). The van der Waals surface area contributed by atoms with Crippen molar-refractivity contribution in [2.45, 2.75) is 69.2 Å². The van der Waals surface area contributed by atoms with Gasteiger partial charge in [0.2, 0.25) is 0 Å². The summed E-state index contributed by atoms with van der Waals surface area (Å²) in [5, 5.41) is 10.6. The van der Waals surface area contributed by atoms with E-state index in [1.807, 2.05) is 94.5 Å². The van der Waals surface area contributed by atoms with Crippen molar-refractivity contribution in [3.05, 3.63) is 142 Å². The number of ether oxygens (including phenoxy) is 2. The molecule has 10 heteroatoms. The fourth-order valence-corrected chi connectivity index (χ4v) is 3.12. The Bertz CT molecular complexity index is 1440. The van der Waals surface area contributed by atoms with E-state index in [1.165, 1.54) is 6.92 Å². The van der Waals surface area contributed by atoms with Crippen LogP contribution in [0.4, 0.5) is 0 Å². The Morgan fingerprint density at radius 1 is 0.540 bits per heavy atom. The summed E-state index contributed by atoms with van der Waals surface area (Å²) in [6.45, 7) is 18.6. The maximum atomic E-state index is 11.5. The summed E-state index contributed by atoms with van der Waals surface area (Å²) in [6, 6.07) is 0. The molecule has 0 saturated carbocycles. The van der Waals surface area contributed by atoms with Crippen LogP contribution in [0.25, 0.3) is 0 Å². The van der Waals surface area contributed by atoms with Gasteiger partial charge >= 0.3 is 71.1 Å². The van der Waals surface area contributed by atoms with Gasteiger partial charge in [-0.05, 0) is 80.2 Å². The Labute approximate surface area is 344 Å². The number of carboxylic acids is 1. The van der Waals surface area contributed by atoms with Gasteiger partial charge in [-0.1, -0.05) is 108 Å². The Balaban J connectivity index is -0.000000260. The zero-order valence-electron chi connectivity index (χ0n) is 32.0. The van der Waals surface area contributed by atoms with Gasteiger partial charge in [-0.2, -0.15) is 5.57 Å². The van der Waals surface area contributed by atoms with Gasteiger partial charge in [-0.15, -0.1) is 6.08 Å². The standard InChI is InChI=1S/C22H30O4.C18H21O3.2Na.H2O/c1-7-25-21(23)19(5)15-11-14-17(3)12-9-10-13-18(4)16-20(6)22(24)26-8-2;1-14(10-7-11-16(3)13-19)8-5-6-9-15(2)12-17(4)18(20)21;;;/h9-16H,7-8H2,1-6H3;5-12H,1-4H3,(H,20,21);;;1H2/q;-1;2*+1;/p-2/b10-9+,14-11+,17-12+,18-13+,19-15+,20-16+;6-5+,10-7+,14-8+,15-9+,16-11+,17-12+;;;. The van der Waals surface area contributed by atoms with Crippen molar-refractivity contribution in [1.82, 2.24) is 0 Å². The minimum absolute atomic E-state index is 0. The zero-order chi connectivity index (χ0) is 36.2. The monoisotopic (exact) mass is 705 g/mol. The fraction of sp³-hybridized carbons (Fsp3) is 0.300. The second kappa shape index (κ2) is 35.7. The maximum absolute atomic E-state index is 11.5. The molecule has 0 amide bonds. The van der Waals surface area contributed by atoms with Crippen LogP contribution in [0, 0.1) is 0 Å². The smallest absolute Gasteiger partial charge is 0.870 e. The van der Waals surface area contributed by atoms with Crippen LogP contribution in [0.5, 0.6) is 0 Å². The van der Waals surface area contributed by atoms with Crippen LogP contribution in [0.3, 0.4) is 0 Å². The van der Waals surface area contributed by atoms with E-state index in [0.29, 0.717) is 29.9 Å². The average Bonchev–Trinajstić information content (AvgIpc) is 3.01. The first-order valence-electron chi connectivity index (χ1n) is 15.2. The molecule has 0 aromatic carbocycles. The zero-order valence-corrected chi connectivity index (χ0v) is 36.0. The third-order valence-corrected chi connectivity index (χ3v) is 5.64. The molecule has 0 aromatic heterocycles. The summed E-state index contributed by atoms with van der Waals surface area (Å²) in [4.78, 5) is 43.8. The first kappa shape index (κ1) is 56.3. The van der Waals surface area contributed by atoms with Crippen molar-refractivity contribution >= 4 is 24.2 Å².